The summed E-state index contributed by atoms with van der Waals surface area (Å²) in [6, 6.07) is 0. The summed E-state index contributed by atoms with van der Waals surface area (Å²) in [6.45, 7) is 12.9. The summed E-state index contributed by atoms with van der Waals surface area (Å²) >= 11 is 0. The van der Waals surface area contributed by atoms with Gasteiger partial charge in [-0.05, 0) is 72.9 Å². The van der Waals surface area contributed by atoms with Crippen LogP contribution >= 0.6 is 0 Å². The van der Waals surface area contributed by atoms with E-state index < -0.39 is 0 Å². The molecule has 3 rings (SSSR count). The van der Waals surface area contributed by atoms with Crippen molar-refractivity contribution in [2.45, 2.75) is 39.5 Å². The normalized spacial score (nSPS) is 17.9. The van der Waals surface area contributed by atoms with Crippen molar-refractivity contribution in [3.63, 3.8) is 0 Å². The molecule has 2 aliphatic carbocycles. The van der Waals surface area contributed by atoms with Crippen molar-refractivity contribution in [2.24, 2.45) is 0 Å². The van der Waals surface area contributed by atoms with Gasteiger partial charge in [0.2, 0.25) is 0 Å². The van der Waals surface area contributed by atoms with Crippen LogP contribution in [0.25, 0.3) is 0 Å². The fourth-order valence-electron chi connectivity index (χ4n) is 3.35. The maximum absolute atomic E-state index is 4.15. The molecule has 0 nitrogen and oxygen atoms in total. The predicted molar refractivity (Wildman–Crippen MR) is 69.0 cm³/mol. The average molecular weight is 210 g/mol. The zero-order valence-corrected chi connectivity index (χ0v) is 10.2. The number of hydrogen-bond donors (Lipinski definition) is 0. The monoisotopic (exact) mass is 210 g/mol. The average Bonchev–Trinajstić information content (AvgIpc) is 2.78. The van der Waals surface area contributed by atoms with Gasteiger partial charge in [-0.15, -0.1) is 0 Å². The highest BCUT2D eigenvalue weighted by Gasteiger charge is 2.27. The molecule has 1 aromatic carbocycles. The van der Waals surface area contributed by atoms with Gasteiger partial charge in [-0.2, -0.15) is 0 Å². The lowest BCUT2D eigenvalue weighted by Gasteiger charge is -2.14. The first-order valence-corrected chi connectivity index (χ1v) is 6.04. The lowest BCUT2D eigenvalue weighted by atomic mass is 9.90. The molecule has 0 saturated carbocycles. The maximum Gasteiger partial charge on any atom is -0.00608 e. The molecular formula is C16H18. The van der Waals surface area contributed by atoms with Gasteiger partial charge in [0.05, 0.1) is 0 Å². The van der Waals surface area contributed by atoms with E-state index in [1.165, 1.54) is 22.3 Å². The summed E-state index contributed by atoms with van der Waals surface area (Å²) in [5.74, 6) is 0. The van der Waals surface area contributed by atoms with Crippen LogP contribution in [0.1, 0.15) is 33.4 Å². The van der Waals surface area contributed by atoms with E-state index in [1.807, 2.05) is 0 Å². The van der Waals surface area contributed by atoms with Crippen LogP contribution in [0.4, 0.5) is 0 Å². The Balaban J connectivity index is 2.30. The van der Waals surface area contributed by atoms with Gasteiger partial charge in [-0.1, -0.05) is 24.3 Å². The second-order valence-corrected chi connectivity index (χ2v) is 5.37. The van der Waals surface area contributed by atoms with Gasteiger partial charge in [0.15, 0.2) is 0 Å². The first kappa shape index (κ1) is 9.89. The van der Waals surface area contributed by atoms with E-state index in [4.69, 9.17) is 0 Å². The van der Waals surface area contributed by atoms with Crippen LogP contribution in [0.5, 0.6) is 0 Å². The number of allylic oxidation sites excluding steroid dienone is 2. The van der Waals surface area contributed by atoms with Gasteiger partial charge in [-0.3, -0.25) is 0 Å². The van der Waals surface area contributed by atoms with E-state index in [0.717, 1.165) is 25.7 Å². The molecule has 16 heavy (non-hydrogen) atoms. The van der Waals surface area contributed by atoms with Gasteiger partial charge in [0.1, 0.15) is 0 Å². The van der Waals surface area contributed by atoms with E-state index in [-0.39, 0.29) is 0 Å². The highest BCUT2D eigenvalue weighted by molar-refractivity contribution is 5.59. The van der Waals surface area contributed by atoms with E-state index in [0.29, 0.717) is 0 Å². The SMILES string of the molecule is C=C1Cc2c(C)c3c(c(C)c2C1)CC(=C)C3. The molecule has 0 fully saturated rings. The van der Waals surface area contributed by atoms with Crippen LogP contribution in [-0.2, 0) is 25.7 Å². The topological polar surface area (TPSA) is 0 Å². The Morgan fingerprint density at radius 3 is 1.12 bits per heavy atom. The van der Waals surface area contributed by atoms with Crippen molar-refractivity contribution in [3.05, 3.63) is 57.7 Å². The third-order valence-electron chi connectivity index (χ3n) is 4.25. The summed E-state index contributed by atoms with van der Waals surface area (Å²) in [6.07, 6.45) is 4.40. The molecule has 2 aliphatic rings. The van der Waals surface area contributed by atoms with Gasteiger partial charge < -0.3 is 0 Å². The van der Waals surface area contributed by atoms with Gasteiger partial charge in [0, 0.05) is 0 Å². The molecule has 0 aliphatic heterocycles. The predicted octanol–water partition coefficient (Wildman–Crippen LogP) is 3.61. The Morgan fingerprint density at radius 1 is 0.625 bits per heavy atom. The molecule has 0 bridgehead atoms. The standard InChI is InChI=1S/C16H18/c1-9-5-13-11(3)15-7-10(2)8-16(15)12(4)14(13)6-9/h1-2,5-8H2,3-4H3. The van der Waals surface area contributed by atoms with Crippen LogP contribution in [0.15, 0.2) is 24.3 Å². The van der Waals surface area contributed by atoms with Crippen molar-refractivity contribution in [3.8, 4) is 0 Å². The van der Waals surface area contributed by atoms with Crippen molar-refractivity contribution in [2.75, 3.05) is 0 Å². The summed E-state index contributed by atoms with van der Waals surface area (Å²) in [4.78, 5) is 0. The third-order valence-corrected chi connectivity index (χ3v) is 4.25. The molecule has 0 saturated heterocycles. The Labute approximate surface area is 97.7 Å². The van der Waals surface area contributed by atoms with Crippen LogP contribution < -0.4 is 0 Å². The Kier molecular flexibility index (Phi) is 1.92. The zero-order valence-electron chi connectivity index (χ0n) is 10.2. The maximum atomic E-state index is 4.15. The molecule has 1 aromatic rings. The molecule has 0 spiro atoms. The molecule has 0 atom stereocenters. The Hall–Kier alpha value is -1.30. The third kappa shape index (κ3) is 1.16. The minimum absolute atomic E-state index is 1.10. The Morgan fingerprint density at radius 2 is 0.875 bits per heavy atom. The van der Waals surface area contributed by atoms with Crippen molar-refractivity contribution in [1.82, 2.24) is 0 Å². The minimum atomic E-state index is 1.10. The van der Waals surface area contributed by atoms with Crippen LogP contribution in [0, 0.1) is 13.8 Å². The fourth-order valence-corrected chi connectivity index (χ4v) is 3.35. The summed E-state index contributed by atoms with van der Waals surface area (Å²) in [7, 11) is 0. The lowest BCUT2D eigenvalue weighted by Crippen LogP contribution is -2.00. The summed E-state index contributed by atoms with van der Waals surface area (Å²) in [5.41, 5.74) is 12.1. The van der Waals surface area contributed by atoms with E-state index in [1.54, 1.807) is 22.3 Å². The summed E-state index contributed by atoms with van der Waals surface area (Å²) in [5, 5.41) is 0. The number of rotatable bonds is 0. The zero-order chi connectivity index (χ0) is 11.4. The van der Waals surface area contributed by atoms with Gasteiger partial charge in [-0.25, -0.2) is 0 Å². The largest absolute Gasteiger partial charge is 0.0992 e. The molecule has 0 heteroatoms. The van der Waals surface area contributed by atoms with Crippen LogP contribution in [0.3, 0.4) is 0 Å². The molecule has 0 radical (unpaired) electrons. The van der Waals surface area contributed by atoms with E-state index in [9.17, 15) is 0 Å². The molecule has 0 unspecified atom stereocenters. The molecule has 0 aromatic heterocycles. The van der Waals surface area contributed by atoms with Crippen LogP contribution in [-0.4, -0.2) is 0 Å². The van der Waals surface area contributed by atoms with Crippen molar-refractivity contribution >= 4 is 0 Å². The van der Waals surface area contributed by atoms with E-state index in [2.05, 4.69) is 27.0 Å². The van der Waals surface area contributed by atoms with Crippen molar-refractivity contribution < 1.29 is 0 Å². The quantitative estimate of drug-likeness (QED) is 0.574. The van der Waals surface area contributed by atoms with Gasteiger partial charge >= 0.3 is 0 Å². The van der Waals surface area contributed by atoms with Crippen molar-refractivity contribution in [1.29, 1.82) is 0 Å². The highest BCUT2D eigenvalue weighted by Crippen LogP contribution is 2.39. The summed E-state index contributed by atoms with van der Waals surface area (Å²) < 4.78 is 0. The smallest absolute Gasteiger partial charge is 0.00608 e. The van der Waals surface area contributed by atoms with Gasteiger partial charge in [0.25, 0.3) is 0 Å². The second-order valence-electron chi connectivity index (χ2n) is 5.37. The number of hydrogen-bond acceptors (Lipinski definition) is 0. The first-order chi connectivity index (χ1) is 7.58. The molecular weight excluding hydrogens is 192 g/mol. The molecule has 0 amide bonds. The number of benzene rings is 1. The number of fused-ring (bicyclic) bond motifs is 2. The fraction of sp³-hybridized carbons (Fsp3) is 0.375. The first-order valence-electron chi connectivity index (χ1n) is 6.04. The van der Waals surface area contributed by atoms with E-state index >= 15 is 0 Å². The highest BCUT2D eigenvalue weighted by atomic mass is 14.3. The second kappa shape index (κ2) is 3.10. The molecule has 0 N–H and O–H groups in total. The Bertz CT molecular complexity index is 439. The molecule has 0 heterocycles. The van der Waals surface area contributed by atoms with Crippen LogP contribution in [0.2, 0.25) is 0 Å². The molecule has 82 valence electrons. The lowest BCUT2D eigenvalue weighted by molar-refractivity contribution is 1.13. The minimum Gasteiger partial charge on any atom is -0.0992 e.